The number of esters is 1. The van der Waals surface area contributed by atoms with E-state index in [0.29, 0.717) is 13.0 Å². The van der Waals surface area contributed by atoms with Gasteiger partial charge in [-0.1, -0.05) is 96.6 Å². The summed E-state index contributed by atoms with van der Waals surface area (Å²) in [7, 11) is 0. The highest BCUT2D eigenvalue weighted by atomic mass is 16.5. The summed E-state index contributed by atoms with van der Waals surface area (Å²) in [5.41, 5.74) is 0. The van der Waals surface area contributed by atoms with Crippen LogP contribution < -0.4 is 0 Å². The van der Waals surface area contributed by atoms with E-state index in [2.05, 4.69) is 26.0 Å². The Kier molecular flexibility index (Phi) is 21.6. The summed E-state index contributed by atoms with van der Waals surface area (Å²) in [6, 6.07) is 0. The lowest BCUT2D eigenvalue weighted by molar-refractivity contribution is -0.143. The number of allylic oxidation sites excluding steroid dienone is 2. The molecule has 0 unspecified atom stereocenters. The number of hydrogen-bond donors (Lipinski definition) is 0. The lowest BCUT2D eigenvalue weighted by Crippen LogP contribution is -2.05. The molecule has 0 spiro atoms. The number of hydrogen-bond acceptors (Lipinski definition) is 2. The van der Waals surface area contributed by atoms with Gasteiger partial charge in [0.1, 0.15) is 0 Å². The summed E-state index contributed by atoms with van der Waals surface area (Å²) < 4.78 is 5.26. The molecular formula is C24H46O2. The molecular weight excluding hydrogens is 320 g/mol. The lowest BCUT2D eigenvalue weighted by atomic mass is 10.1. The van der Waals surface area contributed by atoms with Gasteiger partial charge in [-0.15, -0.1) is 0 Å². The highest BCUT2D eigenvalue weighted by molar-refractivity contribution is 5.69. The second-order valence-corrected chi connectivity index (χ2v) is 7.62. The molecule has 0 N–H and O–H groups in total. The quantitative estimate of drug-likeness (QED) is 0.123. The second kappa shape index (κ2) is 22.3. The van der Waals surface area contributed by atoms with Gasteiger partial charge in [-0.2, -0.15) is 0 Å². The normalized spacial score (nSPS) is 11.3. The van der Waals surface area contributed by atoms with Crippen molar-refractivity contribution >= 4 is 5.97 Å². The van der Waals surface area contributed by atoms with Crippen molar-refractivity contribution in [3.63, 3.8) is 0 Å². The molecule has 0 saturated heterocycles. The summed E-state index contributed by atoms with van der Waals surface area (Å²) in [6.07, 6.45) is 26.8. The van der Waals surface area contributed by atoms with Crippen LogP contribution in [0.4, 0.5) is 0 Å². The lowest BCUT2D eigenvalue weighted by Gasteiger charge is -2.04. The van der Waals surface area contributed by atoms with Crippen LogP contribution in [0.3, 0.4) is 0 Å². The van der Waals surface area contributed by atoms with E-state index in [0.717, 1.165) is 19.3 Å². The summed E-state index contributed by atoms with van der Waals surface area (Å²) in [5.74, 6) is -0.000809. The molecule has 0 rings (SSSR count). The van der Waals surface area contributed by atoms with Gasteiger partial charge < -0.3 is 4.74 Å². The Balaban J connectivity index is 3.18. The third-order valence-electron chi connectivity index (χ3n) is 4.90. The molecule has 0 atom stereocenters. The fourth-order valence-electron chi connectivity index (χ4n) is 3.13. The monoisotopic (exact) mass is 366 g/mol. The molecule has 0 aliphatic heterocycles. The van der Waals surface area contributed by atoms with Gasteiger partial charge >= 0.3 is 5.97 Å². The molecule has 26 heavy (non-hydrogen) atoms. The van der Waals surface area contributed by atoms with Crippen molar-refractivity contribution < 1.29 is 9.53 Å². The maximum Gasteiger partial charge on any atom is 0.305 e. The molecule has 0 aliphatic rings. The van der Waals surface area contributed by atoms with Gasteiger partial charge in [-0.05, 0) is 38.5 Å². The van der Waals surface area contributed by atoms with Gasteiger partial charge in [0.2, 0.25) is 0 Å². The highest BCUT2D eigenvalue weighted by Gasteiger charge is 2.02. The molecule has 2 nitrogen and oxygen atoms in total. The van der Waals surface area contributed by atoms with E-state index < -0.39 is 0 Å². The second-order valence-electron chi connectivity index (χ2n) is 7.62. The largest absolute Gasteiger partial charge is 0.466 e. The molecule has 2 heteroatoms. The standard InChI is InChI=1S/C24H46O2/c1-3-5-7-9-10-11-12-13-14-15-16-17-18-19-20-22-24(25)26-23-21-8-6-4-2/h13-14H,3-12,15-23H2,1-2H3. The Labute approximate surface area is 164 Å². The van der Waals surface area contributed by atoms with Crippen LogP contribution in [0.5, 0.6) is 0 Å². The molecule has 0 radical (unpaired) electrons. The van der Waals surface area contributed by atoms with E-state index in [4.69, 9.17) is 4.74 Å². The summed E-state index contributed by atoms with van der Waals surface area (Å²) in [6.45, 7) is 5.08. The van der Waals surface area contributed by atoms with Crippen molar-refractivity contribution in [2.24, 2.45) is 0 Å². The van der Waals surface area contributed by atoms with Gasteiger partial charge in [0.25, 0.3) is 0 Å². The predicted octanol–water partition coefficient (Wildman–Crippen LogP) is 8.15. The van der Waals surface area contributed by atoms with E-state index >= 15 is 0 Å². The van der Waals surface area contributed by atoms with Gasteiger partial charge in [0, 0.05) is 6.42 Å². The molecule has 0 fully saturated rings. The first-order chi connectivity index (χ1) is 12.8. The number of carbonyl (C=O) groups excluding carboxylic acids is 1. The van der Waals surface area contributed by atoms with Crippen LogP contribution in [0.1, 0.15) is 129 Å². The third kappa shape index (κ3) is 21.3. The number of carbonyl (C=O) groups is 1. The SMILES string of the molecule is CCCCCCCCC=CCCCCCCCC(=O)OCCCCCC. The van der Waals surface area contributed by atoms with E-state index in [1.165, 1.54) is 89.9 Å². The number of unbranched alkanes of at least 4 members (excludes halogenated alkanes) is 14. The van der Waals surface area contributed by atoms with Crippen LogP contribution in [0, 0.1) is 0 Å². The number of ether oxygens (including phenoxy) is 1. The van der Waals surface area contributed by atoms with Crippen LogP contribution in [0.15, 0.2) is 12.2 Å². The molecule has 0 aromatic carbocycles. The van der Waals surface area contributed by atoms with E-state index in [-0.39, 0.29) is 5.97 Å². The zero-order valence-corrected chi connectivity index (χ0v) is 17.9. The smallest absolute Gasteiger partial charge is 0.305 e. The minimum atomic E-state index is -0.000809. The van der Waals surface area contributed by atoms with E-state index in [1.54, 1.807) is 0 Å². The summed E-state index contributed by atoms with van der Waals surface area (Å²) >= 11 is 0. The zero-order chi connectivity index (χ0) is 19.1. The molecule has 0 saturated carbocycles. The first kappa shape index (κ1) is 25.2. The summed E-state index contributed by atoms with van der Waals surface area (Å²) in [4.78, 5) is 11.6. The summed E-state index contributed by atoms with van der Waals surface area (Å²) in [5, 5.41) is 0. The van der Waals surface area contributed by atoms with Crippen molar-refractivity contribution in [2.45, 2.75) is 129 Å². The molecule has 0 bridgehead atoms. The average molecular weight is 367 g/mol. The van der Waals surface area contributed by atoms with Crippen LogP contribution in [-0.4, -0.2) is 12.6 Å². The molecule has 0 heterocycles. The Morgan fingerprint density at radius 1 is 0.615 bits per heavy atom. The topological polar surface area (TPSA) is 26.3 Å². The van der Waals surface area contributed by atoms with E-state index in [9.17, 15) is 4.79 Å². The van der Waals surface area contributed by atoms with Crippen molar-refractivity contribution in [1.82, 2.24) is 0 Å². The van der Waals surface area contributed by atoms with Gasteiger partial charge in [-0.3, -0.25) is 4.79 Å². The van der Waals surface area contributed by atoms with Crippen LogP contribution in [0.25, 0.3) is 0 Å². The highest BCUT2D eigenvalue weighted by Crippen LogP contribution is 2.10. The van der Waals surface area contributed by atoms with Crippen molar-refractivity contribution in [3.05, 3.63) is 12.2 Å². The van der Waals surface area contributed by atoms with Crippen LogP contribution in [-0.2, 0) is 9.53 Å². The Hall–Kier alpha value is -0.790. The third-order valence-corrected chi connectivity index (χ3v) is 4.90. The number of rotatable bonds is 20. The molecule has 0 amide bonds. The predicted molar refractivity (Wildman–Crippen MR) is 115 cm³/mol. The first-order valence-electron chi connectivity index (χ1n) is 11.6. The molecule has 154 valence electrons. The zero-order valence-electron chi connectivity index (χ0n) is 17.9. The molecule has 0 aliphatic carbocycles. The molecule has 0 aromatic rings. The Morgan fingerprint density at radius 2 is 1.08 bits per heavy atom. The van der Waals surface area contributed by atoms with Gasteiger partial charge in [-0.25, -0.2) is 0 Å². The minimum Gasteiger partial charge on any atom is -0.466 e. The van der Waals surface area contributed by atoms with Crippen LogP contribution in [0.2, 0.25) is 0 Å². The fraction of sp³-hybridized carbons (Fsp3) is 0.875. The van der Waals surface area contributed by atoms with Crippen molar-refractivity contribution in [1.29, 1.82) is 0 Å². The Morgan fingerprint density at radius 3 is 1.65 bits per heavy atom. The van der Waals surface area contributed by atoms with Crippen molar-refractivity contribution in [2.75, 3.05) is 6.61 Å². The maximum atomic E-state index is 11.6. The van der Waals surface area contributed by atoms with E-state index in [1.807, 2.05) is 0 Å². The average Bonchev–Trinajstić information content (AvgIpc) is 2.64. The maximum absolute atomic E-state index is 11.6. The Bertz CT molecular complexity index is 309. The van der Waals surface area contributed by atoms with Crippen molar-refractivity contribution in [3.8, 4) is 0 Å². The van der Waals surface area contributed by atoms with Gasteiger partial charge in [0.05, 0.1) is 6.61 Å². The minimum absolute atomic E-state index is 0.000809. The van der Waals surface area contributed by atoms with Crippen LogP contribution >= 0.6 is 0 Å². The molecule has 0 aromatic heterocycles. The first-order valence-corrected chi connectivity index (χ1v) is 11.6. The fourth-order valence-corrected chi connectivity index (χ4v) is 3.13. The van der Waals surface area contributed by atoms with Gasteiger partial charge in [0.15, 0.2) is 0 Å².